The van der Waals surface area contributed by atoms with Crippen molar-refractivity contribution in [3.63, 3.8) is 0 Å². The van der Waals surface area contributed by atoms with Gasteiger partial charge in [0.2, 0.25) is 17.7 Å². The van der Waals surface area contributed by atoms with Gasteiger partial charge in [-0.25, -0.2) is 0 Å². The van der Waals surface area contributed by atoms with E-state index in [4.69, 9.17) is 27.6 Å². The maximum absolute atomic E-state index is 12.8. The fraction of sp³-hybridized carbons (Fsp3) is 0.250. The predicted molar refractivity (Wildman–Crippen MR) is 106 cm³/mol. The van der Waals surface area contributed by atoms with Crippen molar-refractivity contribution >= 4 is 29.1 Å². The average molecular weight is 404 g/mol. The molecule has 1 aromatic heterocycles. The second kappa shape index (κ2) is 8.55. The Morgan fingerprint density at radius 2 is 1.78 bits per heavy atom. The summed E-state index contributed by atoms with van der Waals surface area (Å²) in [6.07, 6.45) is 0.279. The topological polar surface area (TPSA) is 59.2 Å². The number of aromatic nitrogens is 2. The van der Waals surface area contributed by atoms with E-state index in [2.05, 4.69) is 10.2 Å². The summed E-state index contributed by atoms with van der Waals surface area (Å²) in [5.74, 6) is 0.678. The van der Waals surface area contributed by atoms with E-state index in [9.17, 15) is 4.79 Å². The van der Waals surface area contributed by atoms with E-state index in [0.717, 1.165) is 5.56 Å². The molecule has 0 spiro atoms. The van der Waals surface area contributed by atoms with Crippen molar-refractivity contribution in [2.24, 2.45) is 0 Å². The zero-order valence-corrected chi connectivity index (χ0v) is 16.5. The summed E-state index contributed by atoms with van der Waals surface area (Å²) in [7, 11) is 0. The third kappa shape index (κ3) is 4.87. The van der Waals surface area contributed by atoms with E-state index in [1.54, 1.807) is 23.1 Å². The monoisotopic (exact) mass is 403 g/mol. The molecule has 2 aromatic carbocycles. The van der Waals surface area contributed by atoms with Gasteiger partial charge in [0.25, 0.3) is 0 Å². The Labute approximate surface area is 167 Å². The van der Waals surface area contributed by atoms with E-state index in [1.807, 2.05) is 44.2 Å². The highest BCUT2D eigenvalue weighted by molar-refractivity contribution is 6.33. The largest absolute Gasteiger partial charge is 0.419 e. The summed E-state index contributed by atoms with van der Waals surface area (Å²) < 4.78 is 5.73. The lowest BCUT2D eigenvalue weighted by Crippen LogP contribution is -2.37. The van der Waals surface area contributed by atoms with E-state index in [-0.39, 0.29) is 24.9 Å². The SMILES string of the molecule is CC(C)N(Cc1nnc(-c2ccccc2Cl)o1)C(=O)Cc1ccc(Cl)cc1. The number of hydrogen-bond donors (Lipinski definition) is 0. The molecular weight excluding hydrogens is 385 g/mol. The minimum Gasteiger partial charge on any atom is -0.419 e. The smallest absolute Gasteiger partial charge is 0.249 e. The Kier molecular flexibility index (Phi) is 6.14. The van der Waals surface area contributed by atoms with Crippen molar-refractivity contribution in [1.82, 2.24) is 15.1 Å². The minimum absolute atomic E-state index is 0.0135. The quantitative estimate of drug-likeness (QED) is 0.579. The van der Waals surface area contributed by atoms with Gasteiger partial charge in [0.1, 0.15) is 0 Å². The van der Waals surface area contributed by atoms with Crippen LogP contribution >= 0.6 is 23.2 Å². The molecule has 0 saturated heterocycles. The fourth-order valence-electron chi connectivity index (χ4n) is 2.64. The molecule has 0 saturated carbocycles. The molecule has 3 rings (SSSR count). The summed E-state index contributed by atoms with van der Waals surface area (Å²) in [6.45, 7) is 4.14. The molecule has 1 heterocycles. The van der Waals surface area contributed by atoms with Crippen LogP contribution in [0.1, 0.15) is 25.3 Å². The van der Waals surface area contributed by atoms with Crippen LogP contribution in [0.25, 0.3) is 11.5 Å². The highest BCUT2D eigenvalue weighted by atomic mass is 35.5. The van der Waals surface area contributed by atoms with Gasteiger partial charge in [-0.2, -0.15) is 0 Å². The summed E-state index contributed by atoms with van der Waals surface area (Å²) in [5.41, 5.74) is 1.57. The first-order chi connectivity index (χ1) is 12.9. The summed E-state index contributed by atoms with van der Waals surface area (Å²) >= 11 is 12.1. The standard InChI is InChI=1S/C20H19Cl2N3O2/c1-13(2)25(19(26)11-14-7-9-15(21)10-8-14)12-18-23-24-20(27-18)16-5-3-4-6-17(16)22/h3-10,13H,11-12H2,1-2H3. The van der Waals surface area contributed by atoms with Gasteiger partial charge < -0.3 is 9.32 Å². The molecule has 7 heteroatoms. The Hall–Kier alpha value is -2.37. The number of amides is 1. The lowest BCUT2D eigenvalue weighted by molar-refractivity contribution is -0.133. The molecule has 27 heavy (non-hydrogen) atoms. The first kappa shape index (κ1) is 19.4. The van der Waals surface area contributed by atoms with Crippen LogP contribution in [0.15, 0.2) is 52.9 Å². The second-order valence-corrected chi connectivity index (χ2v) is 7.24. The summed E-state index contributed by atoms with van der Waals surface area (Å²) in [6, 6.07) is 14.5. The van der Waals surface area contributed by atoms with Crippen molar-refractivity contribution in [1.29, 1.82) is 0 Å². The molecular formula is C20H19Cl2N3O2. The number of rotatable bonds is 6. The highest BCUT2D eigenvalue weighted by Gasteiger charge is 2.21. The van der Waals surface area contributed by atoms with Gasteiger partial charge in [-0.3, -0.25) is 4.79 Å². The molecule has 3 aromatic rings. The zero-order chi connectivity index (χ0) is 19.4. The Balaban J connectivity index is 1.74. The molecule has 0 bridgehead atoms. The third-order valence-electron chi connectivity index (χ3n) is 4.09. The van der Waals surface area contributed by atoms with Crippen LogP contribution < -0.4 is 0 Å². The van der Waals surface area contributed by atoms with Gasteiger partial charge >= 0.3 is 0 Å². The number of hydrogen-bond acceptors (Lipinski definition) is 4. The predicted octanol–water partition coefficient (Wildman–Crippen LogP) is 5.02. The summed E-state index contributed by atoms with van der Waals surface area (Å²) in [5, 5.41) is 9.31. The molecule has 140 valence electrons. The molecule has 0 unspecified atom stereocenters. The van der Waals surface area contributed by atoms with Crippen LogP contribution in [0, 0.1) is 0 Å². The third-order valence-corrected chi connectivity index (χ3v) is 4.67. The molecule has 0 aliphatic heterocycles. The van der Waals surface area contributed by atoms with Gasteiger partial charge in [0.15, 0.2) is 0 Å². The first-order valence-corrected chi connectivity index (χ1v) is 9.31. The van der Waals surface area contributed by atoms with Crippen molar-refractivity contribution < 1.29 is 9.21 Å². The molecule has 0 N–H and O–H groups in total. The van der Waals surface area contributed by atoms with Crippen LogP contribution in [-0.4, -0.2) is 27.0 Å². The van der Waals surface area contributed by atoms with Gasteiger partial charge in [-0.05, 0) is 43.7 Å². The van der Waals surface area contributed by atoms with Gasteiger partial charge in [-0.15, -0.1) is 10.2 Å². The lowest BCUT2D eigenvalue weighted by atomic mass is 10.1. The molecule has 5 nitrogen and oxygen atoms in total. The van der Waals surface area contributed by atoms with E-state index < -0.39 is 0 Å². The number of benzene rings is 2. The molecule has 0 radical (unpaired) electrons. The van der Waals surface area contributed by atoms with Crippen LogP contribution in [-0.2, 0) is 17.8 Å². The van der Waals surface area contributed by atoms with Gasteiger partial charge in [0, 0.05) is 11.1 Å². The van der Waals surface area contributed by atoms with Crippen molar-refractivity contribution in [2.75, 3.05) is 0 Å². The second-order valence-electron chi connectivity index (χ2n) is 6.40. The van der Waals surface area contributed by atoms with Crippen molar-refractivity contribution in [3.05, 3.63) is 70.0 Å². The molecule has 1 amide bonds. The van der Waals surface area contributed by atoms with Gasteiger partial charge in [-0.1, -0.05) is 47.5 Å². The summed E-state index contributed by atoms with van der Waals surface area (Å²) in [4.78, 5) is 14.5. The number of carbonyl (C=O) groups excluding carboxylic acids is 1. The Morgan fingerprint density at radius 1 is 1.07 bits per heavy atom. The van der Waals surface area contributed by atoms with Crippen LogP contribution in [0.4, 0.5) is 0 Å². The molecule has 0 aliphatic rings. The number of halogens is 2. The van der Waals surface area contributed by atoms with Crippen LogP contribution in [0.2, 0.25) is 10.0 Å². The lowest BCUT2D eigenvalue weighted by Gasteiger charge is -2.25. The van der Waals surface area contributed by atoms with Crippen LogP contribution in [0.3, 0.4) is 0 Å². The maximum atomic E-state index is 12.8. The van der Waals surface area contributed by atoms with E-state index in [0.29, 0.717) is 27.4 Å². The van der Waals surface area contributed by atoms with Crippen molar-refractivity contribution in [3.8, 4) is 11.5 Å². The normalized spacial score (nSPS) is 11.0. The van der Waals surface area contributed by atoms with Gasteiger partial charge in [0.05, 0.1) is 23.6 Å². The Bertz CT molecular complexity index is 923. The average Bonchev–Trinajstić information content (AvgIpc) is 3.10. The Morgan fingerprint density at radius 3 is 2.44 bits per heavy atom. The molecule has 0 aliphatic carbocycles. The highest BCUT2D eigenvalue weighted by Crippen LogP contribution is 2.26. The zero-order valence-electron chi connectivity index (χ0n) is 15.0. The van der Waals surface area contributed by atoms with Crippen LogP contribution in [0.5, 0.6) is 0 Å². The first-order valence-electron chi connectivity index (χ1n) is 8.55. The minimum atomic E-state index is -0.0233. The maximum Gasteiger partial charge on any atom is 0.249 e. The number of nitrogens with zero attached hydrogens (tertiary/aromatic N) is 3. The van der Waals surface area contributed by atoms with E-state index in [1.165, 1.54) is 0 Å². The van der Waals surface area contributed by atoms with Crippen molar-refractivity contribution in [2.45, 2.75) is 32.9 Å². The number of carbonyl (C=O) groups is 1. The molecule has 0 fully saturated rings. The van der Waals surface area contributed by atoms with E-state index >= 15 is 0 Å². The fourth-order valence-corrected chi connectivity index (χ4v) is 2.99. The molecule has 0 atom stereocenters.